The summed E-state index contributed by atoms with van der Waals surface area (Å²) in [4.78, 5) is 2.29. The molecule has 2 heteroatoms. The summed E-state index contributed by atoms with van der Waals surface area (Å²) in [7, 11) is 2.14. The molecule has 0 saturated carbocycles. The fraction of sp³-hybridized carbons (Fsp3) is 0.800. The molecule has 0 heterocycles. The van der Waals surface area contributed by atoms with Gasteiger partial charge in [-0.3, -0.25) is 0 Å². The van der Waals surface area contributed by atoms with Crippen LogP contribution in [0.15, 0.2) is 12.2 Å². The predicted octanol–water partition coefficient (Wildman–Crippen LogP) is 1.49. The van der Waals surface area contributed by atoms with Crippen LogP contribution in [-0.4, -0.2) is 38.1 Å². The molecule has 2 nitrogen and oxygen atoms in total. The van der Waals surface area contributed by atoms with Crippen LogP contribution in [0.2, 0.25) is 0 Å². The second-order valence-electron chi connectivity index (χ2n) is 3.18. The highest BCUT2D eigenvalue weighted by atomic mass is 15.1. The summed E-state index contributed by atoms with van der Waals surface area (Å²) in [6.45, 7) is 12.5. The van der Waals surface area contributed by atoms with Crippen molar-refractivity contribution in [3.05, 3.63) is 12.2 Å². The zero-order chi connectivity index (χ0) is 9.40. The maximum Gasteiger partial charge on any atom is 0.0162 e. The van der Waals surface area contributed by atoms with Crippen molar-refractivity contribution in [3.63, 3.8) is 0 Å². The quantitative estimate of drug-likeness (QED) is 0.460. The first-order valence-corrected chi connectivity index (χ1v) is 4.76. The SMILES string of the molecule is C=C(CC)CNCCN(C)CC. The number of nitrogens with one attached hydrogen (secondary N) is 1. The van der Waals surface area contributed by atoms with Crippen LogP contribution >= 0.6 is 0 Å². The molecule has 0 aromatic rings. The van der Waals surface area contributed by atoms with Crippen LogP contribution in [0.4, 0.5) is 0 Å². The molecule has 0 radical (unpaired) electrons. The number of hydrogen-bond acceptors (Lipinski definition) is 2. The van der Waals surface area contributed by atoms with Gasteiger partial charge in [-0.15, -0.1) is 0 Å². The Kier molecular flexibility index (Phi) is 7.11. The van der Waals surface area contributed by atoms with Crippen molar-refractivity contribution in [2.75, 3.05) is 33.2 Å². The molecule has 0 atom stereocenters. The Hall–Kier alpha value is -0.340. The second kappa shape index (κ2) is 7.32. The normalized spacial score (nSPS) is 10.7. The monoisotopic (exact) mass is 170 g/mol. The molecule has 12 heavy (non-hydrogen) atoms. The van der Waals surface area contributed by atoms with Crippen molar-refractivity contribution >= 4 is 0 Å². The summed E-state index contributed by atoms with van der Waals surface area (Å²) in [5.74, 6) is 0. The van der Waals surface area contributed by atoms with Gasteiger partial charge in [0.25, 0.3) is 0 Å². The molecule has 0 rings (SSSR count). The van der Waals surface area contributed by atoms with Gasteiger partial charge in [-0.2, -0.15) is 0 Å². The first-order chi connectivity index (χ1) is 5.70. The van der Waals surface area contributed by atoms with Crippen molar-refractivity contribution in [2.45, 2.75) is 20.3 Å². The van der Waals surface area contributed by atoms with Gasteiger partial charge in [-0.1, -0.05) is 26.0 Å². The molecule has 1 N–H and O–H groups in total. The Morgan fingerprint density at radius 2 is 2.08 bits per heavy atom. The van der Waals surface area contributed by atoms with Crippen LogP contribution in [0.25, 0.3) is 0 Å². The molecule has 0 bridgehead atoms. The average molecular weight is 170 g/mol. The molecule has 0 aromatic carbocycles. The Bertz CT molecular complexity index is 121. The first-order valence-electron chi connectivity index (χ1n) is 4.76. The van der Waals surface area contributed by atoms with Gasteiger partial charge in [0.05, 0.1) is 0 Å². The lowest BCUT2D eigenvalue weighted by Crippen LogP contribution is -2.29. The molecule has 0 fully saturated rings. The fourth-order valence-corrected chi connectivity index (χ4v) is 0.818. The standard InChI is InChI=1S/C10H22N2/c1-5-10(3)9-11-7-8-12(4)6-2/h11H,3,5-9H2,1-2,4H3. The molecule has 0 aliphatic carbocycles. The van der Waals surface area contributed by atoms with Crippen LogP contribution in [0, 0.1) is 0 Å². The van der Waals surface area contributed by atoms with E-state index < -0.39 is 0 Å². The highest BCUT2D eigenvalue weighted by Gasteiger charge is 1.93. The van der Waals surface area contributed by atoms with Gasteiger partial charge < -0.3 is 10.2 Å². The maximum atomic E-state index is 3.93. The zero-order valence-corrected chi connectivity index (χ0v) is 8.69. The lowest BCUT2D eigenvalue weighted by molar-refractivity contribution is 0.351. The largest absolute Gasteiger partial charge is 0.312 e. The smallest absolute Gasteiger partial charge is 0.0162 e. The number of likely N-dealkylation sites (N-methyl/N-ethyl adjacent to an activating group) is 1. The molecule has 0 aromatic heterocycles. The minimum atomic E-state index is 0.966. The fourth-order valence-electron chi connectivity index (χ4n) is 0.818. The Morgan fingerprint density at radius 3 is 2.58 bits per heavy atom. The molecule has 0 amide bonds. The zero-order valence-electron chi connectivity index (χ0n) is 8.69. The third kappa shape index (κ3) is 6.38. The first kappa shape index (κ1) is 11.7. The lowest BCUT2D eigenvalue weighted by Gasteiger charge is -2.14. The van der Waals surface area contributed by atoms with E-state index in [1.54, 1.807) is 0 Å². The topological polar surface area (TPSA) is 15.3 Å². The van der Waals surface area contributed by atoms with Gasteiger partial charge in [0.15, 0.2) is 0 Å². The molecular formula is C10H22N2. The van der Waals surface area contributed by atoms with Gasteiger partial charge in [0, 0.05) is 19.6 Å². The molecule has 0 aliphatic rings. The molecule has 0 aliphatic heterocycles. The van der Waals surface area contributed by atoms with Crippen LogP contribution in [0.1, 0.15) is 20.3 Å². The van der Waals surface area contributed by atoms with E-state index in [9.17, 15) is 0 Å². The Morgan fingerprint density at radius 1 is 1.42 bits per heavy atom. The number of rotatable bonds is 7. The summed E-state index contributed by atoms with van der Waals surface area (Å²) in [5, 5.41) is 3.36. The van der Waals surface area contributed by atoms with Crippen molar-refractivity contribution < 1.29 is 0 Å². The molecular weight excluding hydrogens is 148 g/mol. The van der Waals surface area contributed by atoms with Crippen molar-refractivity contribution in [1.82, 2.24) is 10.2 Å². The van der Waals surface area contributed by atoms with Crippen LogP contribution in [-0.2, 0) is 0 Å². The molecule has 0 saturated heterocycles. The summed E-state index contributed by atoms with van der Waals surface area (Å²) in [6.07, 6.45) is 1.08. The number of nitrogens with zero attached hydrogens (tertiary/aromatic N) is 1. The predicted molar refractivity (Wildman–Crippen MR) is 55.5 cm³/mol. The van der Waals surface area contributed by atoms with Crippen LogP contribution in [0.3, 0.4) is 0 Å². The minimum Gasteiger partial charge on any atom is -0.312 e. The van der Waals surface area contributed by atoms with E-state index in [0.717, 1.165) is 32.6 Å². The van der Waals surface area contributed by atoms with Crippen molar-refractivity contribution in [1.29, 1.82) is 0 Å². The third-order valence-corrected chi connectivity index (χ3v) is 2.09. The van der Waals surface area contributed by atoms with E-state index in [2.05, 4.69) is 37.7 Å². The average Bonchev–Trinajstić information content (AvgIpc) is 2.11. The van der Waals surface area contributed by atoms with Gasteiger partial charge in [-0.05, 0) is 20.0 Å². The highest BCUT2D eigenvalue weighted by molar-refractivity contribution is 4.94. The molecule has 0 unspecified atom stereocenters. The van der Waals surface area contributed by atoms with Crippen LogP contribution < -0.4 is 5.32 Å². The van der Waals surface area contributed by atoms with Gasteiger partial charge in [0.2, 0.25) is 0 Å². The lowest BCUT2D eigenvalue weighted by atomic mass is 10.2. The summed E-state index contributed by atoms with van der Waals surface area (Å²) >= 11 is 0. The van der Waals surface area contributed by atoms with Gasteiger partial charge >= 0.3 is 0 Å². The number of hydrogen-bond donors (Lipinski definition) is 1. The summed E-state index contributed by atoms with van der Waals surface area (Å²) in [5.41, 5.74) is 1.29. The van der Waals surface area contributed by atoms with Gasteiger partial charge in [-0.25, -0.2) is 0 Å². The van der Waals surface area contributed by atoms with E-state index >= 15 is 0 Å². The maximum absolute atomic E-state index is 3.93. The van der Waals surface area contributed by atoms with Crippen molar-refractivity contribution in [3.8, 4) is 0 Å². The molecule has 0 spiro atoms. The van der Waals surface area contributed by atoms with Gasteiger partial charge in [0.1, 0.15) is 0 Å². The van der Waals surface area contributed by atoms with E-state index in [-0.39, 0.29) is 0 Å². The van der Waals surface area contributed by atoms with Crippen LogP contribution in [0.5, 0.6) is 0 Å². The third-order valence-electron chi connectivity index (χ3n) is 2.09. The molecule has 72 valence electrons. The van der Waals surface area contributed by atoms with E-state index in [0.29, 0.717) is 0 Å². The van der Waals surface area contributed by atoms with E-state index in [1.165, 1.54) is 5.57 Å². The minimum absolute atomic E-state index is 0.966. The van der Waals surface area contributed by atoms with E-state index in [4.69, 9.17) is 0 Å². The summed E-state index contributed by atoms with van der Waals surface area (Å²) in [6, 6.07) is 0. The Balaban J connectivity index is 3.15. The van der Waals surface area contributed by atoms with Crippen molar-refractivity contribution in [2.24, 2.45) is 0 Å². The summed E-state index contributed by atoms with van der Waals surface area (Å²) < 4.78 is 0. The second-order valence-corrected chi connectivity index (χ2v) is 3.18. The highest BCUT2D eigenvalue weighted by Crippen LogP contribution is 1.92. The van der Waals surface area contributed by atoms with E-state index in [1.807, 2.05) is 0 Å². The Labute approximate surface area is 76.6 Å².